The van der Waals surface area contributed by atoms with E-state index >= 15 is 0 Å². The van der Waals surface area contributed by atoms with E-state index in [-0.39, 0.29) is 30.6 Å². The summed E-state index contributed by atoms with van der Waals surface area (Å²) in [6.07, 6.45) is 5.18. The minimum Gasteiger partial charge on any atom is -0.495 e. The first-order chi connectivity index (χ1) is 20.0. The molecule has 0 radical (unpaired) electrons. The zero-order valence-corrected chi connectivity index (χ0v) is 25.8. The van der Waals surface area contributed by atoms with Gasteiger partial charge in [-0.1, -0.05) is 73.0 Å². The highest BCUT2D eigenvalue weighted by molar-refractivity contribution is 7.92. The van der Waals surface area contributed by atoms with E-state index in [0.29, 0.717) is 10.8 Å². The lowest BCUT2D eigenvalue weighted by molar-refractivity contribution is -0.140. The number of halogens is 1. The van der Waals surface area contributed by atoms with Gasteiger partial charge < -0.3 is 15.0 Å². The van der Waals surface area contributed by atoms with E-state index in [2.05, 4.69) is 5.32 Å². The first-order valence-electron chi connectivity index (χ1n) is 14.1. The van der Waals surface area contributed by atoms with Gasteiger partial charge in [0, 0.05) is 24.0 Å². The van der Waals surface area contributed by atoms with Crippen LogP contribution in [0.1, 0.15) is 42.4 Å². The van der Waals surface area contributed by atoms with Crippen molar-refractivity contribution in [3.05, 3.63) is 94.5 Å². The number of carbonyl (C=O) groups is 2. The third kappa shape index (κ3) is 8.26. The molecule has 0 aromatic heterocycles. The Morgan fingerprint density at radius 1 is 1.00 bits per heavy atom. The van der Waals surface area contributed by atoms with Crippen molar-refractivity contribution >= 4 is 39.1 Å². The number of rotatable bonds is 12. The molecule has 10 heteroatoms. The molecule has 0 aliphatic heterocycles. The maximum atomic E-state index is 14.3. The molecule has 0 bridgehead atoms. The second-order valence-corrected chi connectivity index (χ2v) is 13.1. The van der Waals surface area contributed by atoms with E-state index in [0.717, 1.165) is 52.9 Å². The molecule has 3 aromatic carbocycles. The number of hydrogen-bond donors (Lipinski definition) is 1. The summed E-state index contributed by atoms with van der Waals surface area (Å²) in [6, 6.07) is 20.9. The zero-order valence-electron chi connectivity index (χ0n) is 24.3. The molecule has 2 amide bonds. The molecule has 1 N–H and O–H groups in total. The third-order valence-electron chi connectivity index (χ3n) is 7.50. The van der Waals surface area contributed by atoms with Gasteiger partial charge in [-0.15, -0.1) is 0 Å². The molecule has 1 atom stereocenters. The van der Waals surface area contributed by atoms with Crippen LogP contribution in [0.15, 0.2) is 72.8 Å². The number of hydrogen-bond acceptors (Lipinski definition) is 5. The summed E-state index contributed by atoms with van der Waals surface area (Å²) in [7, 11) is -2.47. The number of carbonyl (C=O) groups excluding carboxylic acids is 2. The molecule has 3 aromatic rings. The van der Waals surface area contributed by atoms with Crippen molar-refractivity contribution in [2.45, 2.75) is 57.7 Å². The van der Waals surface area contributed by atoms with Crippen molar-refractivity contribution in [2.24, 2.45) is 0 Å². The van der Waals surface area contributed by atoms with Gasteiger partial charge >= 0.3 is 0 Å². The minimum atomic E-state index is -3.91. The lowest BCUT2D eigenvalue weighted by Crippen LogP contribution is -2.54. The van der Waals surface area contributed by atoms with Crippen molar-refractivity contribution in [2.75, 3.05) is 24.2 Å². The Hall–Kier alpha value is -3.56. The SMILES string of the molecule is COc1ccc(C)cc1N(CC(=O)N(Cc1cccc(Cl)c1)[C@@H](Cc1ccccc1)C(=O)NC1CCCC1)S(C)(=O)=O. The Morgan fingerprint density at radius 2 is 1.69 bits per heavy atom. The van der Waals surface area contributed by atoms with Crippen LogP contribution in [-0.4, -0.2) is 57.1 Å². The number of nitrogens with one attached hydrogen (secondary N) is 1. The van der Waals surface area contributed by atoms with Crippen molar-refractivity contribution in [3.63, 3.8) is 0 Å². The second-order valence-electron chi connectivity index (χ2n) is 10.8. The van der Waals surface area contributed by atoms with Gasteiger partial charge in [0.05, 0.1) is 19.1 Å². The Balaban J connectivity index is 1.76. The molecule has 224 valence electrons. The van der Waals surface area contributed by atoms with Gasteiger partial charge in [0.15, 0.2) is 0 Å². The Bertz CT molecular complexity index is 1490. The lowest BCUT2D eigenvalue weighted by atomic mass is 10.0. The van der Waals surface area contributed by atoms with Gasteiger partial charge in [0.2, 0.25) is 21.8 Å². The molecule has 0 unspecified atom stereocenters. The number of amides is 2. The predicted octanol–water partition coefficient (Wildman–Crippen LogP) is 5.12. The number of ether oxygens (including phenoxy) is 1. The maximum absolute atomic E-state index is 14.3. The Kier molecular flexibility index (Phi) is 10.5. The summed E-state index contributed by atoms with van der Waals surface area (Å²) in [6.45, 7) is 1.39. The molecule has 42 heavy (non-hydrogen) atoms. The van der Waals surface area contributed by atoms with Crippen molar-refractivity contribution in [1.82, 2.24) is 10.2 Å². The normalized spacial score (nSPS) is 14.3. The molecule has 1 fully saturated rings. The molecule has 4 rings (SSSR count). The standard InChI is InChI=1S/C32H38ClN3O5S/c1-23-16-17-30(41-2)28(18-23)36(42(3,39)40)22-31(37)35(21-25-12-9-13-26(33)19-25)29(20-24-10-5-4-6-11-24)32(38)34-27-14-7-8-15-27/h4-6,9-13,16-19,27,29H,7-8,14-15,20-22H2,1-3H3,(H,34,38)/t29-/m0/s1. The maximum Gasteiger partial charge on any atom is 0.244 e. The van der Waals surface area contributed by atoms with Crippen LogP contribution in [-0.2, 0) is 32.6 Å². The summed E-state index contributed by atoms with van der Waals surface area (Å²) in [5.74, 6) is -0.466. The quantitative estimate of drug-likeness (QED) is 0.307. The van der Waals surface area contributed by atoms with Gasteiger partial charge in [-0.05, 0) is 60.7 Å². The van der Waals surface area contributed by atoms with E-state index in [9.17, 15) is 18.0 Å². The monoisotopic (exact) mass is 611 g/mol. The van der Waals surface area contributed by atoms with E-state index in [4.69, 9.17) is 16.3 Å². The fourth-order valence-electron chi connectivity index (χ4n) is 5.34. The van der Waals surface area contributed by atoms with Gasteiger partial charge in [0.1, 0.15) is 18.3 Å². The largest absolute Gasteiger partial charge is 0.495 e. The van der Waals surface area contributed by atoms with Crippen molar-refractivity contribution < 1.29 is 22.7 Å². The second kappa shape index (κ2) is 14.1. The Morgan fingerprint density at radius 3 is 2.33 bits per heavy atom. The van der Waals surface area contributed by atoms with Crippen LogP contribution in [0.5, 0.6) is 5.75 Å². The molecule has 8 nitrogen and oxygen atoms in total. The number of nitrogens with zero attached hydrogens (tertiary/aromatic N) is 2. The van der Waals surface area contributed by atoms with Crippen molar-refractivity contribution in [1.29, 1.82) is 0 Å². The molecular weight excluding hydrogens is 574 g/mol. The first kappa shape index (κ1) is 31.4. The third-order valence-corrected chi connectivity index (χ3v) is 8.86. The zero-order chi connectivity index (χ0) is 30.3. The molecule has 0 saturated heterocycles. The van der Waals surface area contributed by atoms with Crippen LogP contribution < -0.4 is 14.4 Å². The van der Waals surface area contributed by atoms with Gasteiger partial charge in [-0.2, -0.15) is 0 Å². The first-order valence-corrected chi connectivity index (χ1v) is 16.3. The van der Waals surface area contributed by atoms with Crippen LogP contribution in [0.25, 0.3) is 0 Å². The van der Waals surface area contributed by atoms with Gasteiger partial charge in [-0.3, -0.25) is 13.9 Å². The molecule has 0 heterocycles. The van der Waals surface area contributed by atoms with E-state index in [1.165, 1.54) is 12.0 Å². The highest BCUT2D eigenvalue weighted by Crippen LogP contribution is 2.31. The minimum absolute atomic E-state index is 0.0444. The van der Waals surface area contributed by atoms with Crippen LogP contribution in [0.3, 0.4) is 0 Å². The van der Waals surface area contributed by atoms with Crippen LogP contribution >= 0.6 is 11.6 Å². The summed E-state index contributed by atoms with van der Waals surface area (Å²) >= 11 is 6.28. The topological polar surface area (TPSA) is 96.0 Å². The van der Waals surface area contributed by atoms with E-state index in [1.807, 2.05) is 43.3 Å². The highest BCUT2D eigenvalue weighted by Gasteiger charge is 2.35. The molecule has 1 saturated carbocycles. The predicted molar refractivity (Wildman–Crippen MR) is 166 cm³/mol. The van der Waals surface area contributed by atoms with Crippen LogP contribution in [0, 0.1) is 6.92 Å². The number of aryl methyl sites for hydroxylation is 1. The number of methoxy groups -OCH3 is 1. The van der Waals surface area contributed by atoms with Crippen LogP contribution in [0.2, 0.25) is 5.02 Å². The van der Waals surface area contributed by atoms with Crippen LogP contribution in [0.4, 0.5) is 5.69 Å². The summed E-state index contributed by atoms with van der Waals surface area (Å²) in [4.78, 5) is 29.7. The number of anilines is 1. The van der Waals surface area contributed by atoms with E-state index in [1.54, 1.807) is 36.4 Å². The molecule has 1 aliphatic carbocycles. The smallest absolute Gasteiger partial charge is 0.244 e. The average Bonchev–Trinajstić information content (AvgIpc) is 3.46. The molecule has 1 aliphatic rings. The highest BCUT2D eigenvalue weighted by atomic mass is 35.5. The van der Waals surface area contributed by atoms with Gasteiger partial charge in [-0.25, -0.2) is 8.42 Å². The Labute approximate surface area is 253 Å². The fourth-order valence-corrected chi connectivity index (χ4v) is 6.40. The van der Waals surface area contributed by atoms with Gasteiger partial charge in [0.25, 0.3) is 0 Å². The van der Waals surface area contributed by atoms with E-state index < -0.39 is 28.5 Å². The fraction of sp³-hybridized carbons (Fsp3) is 0.375. The summed E-state index contributed by atoms with van der Waals surface area (Å²) < 4.78 is 32.7. The number of sulfonamides is 1. The average molecular weight is 612 g/mol. The lowest BCUT2D eigenvalue weighted by Gasteiger charge is -2.34. The molecular formula is C32H38ClN3O5S. The molecule has 0 spiro atoms. The number of benzene rings is 3. The summed E-state index contributed by atoms with van der Waals surface area (Å²) in [5, 5.41) is 3.66. The summed E-state index contributed by atoms with van der Waals surface area (Å²) in [5.41, 5.74) is 2.67. The van der Waals surface area contributed by atoms with Crippen molar-refractivity contribution in [3.8, 4) is 5.75 Å².